The molecule has 3 heterocycles. The number of aryl methyl sites for hydroxylation is 1. The van der Waals surface area contributed by atoms with Gasteiger partial charge >= 0.3 is 0 Å². The maximum absolute atomic E-state index is 4.53. The van der Waals surface area contributed by atoms with Gasteiger partial charge in [-0.2, -0.15) is 0 Å². The van der Waals surface area contributed by atoms with Gasteiger partial charge < -0.3 is 9.97 Å². The van der Waals surface area contributed by atoms with Crippen LogP contribution in [0.25, 0.3) is 33.6 Å². The van der Waals surface area contributed by atoms with Crippen LogP contribution in [0.4, 0.5) is 0 Å². The van der Waals surface area contributed by atoms with E-state index >= 15 is 0 Å². The quantitative estimate of drug-likeness (QED) is 0.226. The summed E-state index contributed by atoms with van der Waals surface area (Å²) in [6.45, 7) is 2.10. The van der Waals surface area contributed by atoms with Crippen LogP contribution in [0.15, 0.2) is 110 Å². The summed E-state index contributed by atoms with van der Waals surface area (Å²) < 4.78 is 0. The van der Waals surface area contributed by atoms with E-state index in [4.69, 9.17) is 0 Å². The summed E-state index contributed by atoms with van der Waals surface area (Å²) in [5, 5.41) is 0. The van der Waals surface area contributed by atoms with Crippen LogP contribution in [0.2, 0.25) is 0 Å². The first-order chi connectivity index (χ1) is 15.3. The van der Waals surface area contributed by atoms with Gasteiger partial charge in [0.2, 0.25) is 0 Å². The third kappa shape index (κ3) is 6.04. The maximum atomic E-state index is 4.53. The zero-order valence-electron chi connectivity index (χ0n) is 17.6. The molecule has 32 heavy (non-hydrogen) atoms. The first-order valence-electron chi connectivity index (χ1n) is 10.0. The van der Waals surface area contributed by atoms with E-state index < -0.39 is 0 Å². The average Bonchev–Trinajstić information content (AvgIpc) is 2.86. The molecule has 0 bridgehead atoms. The molecular weight excluding hydrogens is 571 g/mol. The average molecular weight is 592 g/mol. The third-order valence-corrected chi connectivity index (χ3v) is 4.74. The number of aromatic nitrogens is 3. The van der Waals surface area contributed by atoms with E-state index in [1.54, 1.807) is 18.6 Å². The summed E-state index contributed by atoms with van der Waals surface area (Å²) in [5.41, 5.74) is 7.47. The standard InChI is InChI=1S/C17H13N2.C11H8N.Ir/c1-13-11-17(15-5-3-2-4-6-15)19-12-16(13)14-7-9-18-10-8-14;1-2-6-10(7-3-1)11-8-4-5-9-12-11;/h2-5,7-12H,1H3;1-6,8-9H;/q2*-1;. The molecule has 159 valence electrons. The van der Waals surface area contributed by atoms with Gasteiger partial charge in [-0.1, -0.05) is 18.2 Å². The molecule has 0 aliphatic heterocycles. The molecule has 1 radical (unpaired) electrons. The SMILES string of the molecule is Cc1cc(-c2[c-]cccc2)ncc1-c1ccncc1.[Ir].[c-]1ccccc1-c1ccccn1. The Kier molecular flexibility index (Phi) is 8.56. The van der Waals surface area contributed by atoms with Crippen LogP contribution in [0.1, 0.15) is 5.56 Å². The molecule has 2 aromatic carbocycles. The number of hydrogen-bond donors (Lipinski definition) is 0. The Bertz CT molecular complexity index is 1180. The first-order valence-corrected chi connectivity index (χ1v) is 10.0. The van der Waals surface area contributed by atoms with Crippen molar-refractivity contribution < 1.29 is 20.1 Å². The van der Waals surface area contributed by atoms with Crippen LogP contribution in [-0.2, 0) is 20.1 Å². The Morgan fingerprint density at radius 3 is 1.88 bits per heavy atom. The van der Waals surface area contributed by atoms with E-state index in [-0.39, 0.29) is 20.1 Å². The van der Waals surface area contributed by atoms with Crippen molar-refractivity contribution in [2.45, 2.75) is 6.92 Å². The predicted molar refractivity (Wildman–Crippen MR) is 125 cm³/mol. The molecule has 0 saturated carbocycles. The minimum atomic E-state index is 0. The zero-order chi connectivity index (χ0) is 21.3. The molecule has 3 aromatic heterocycles. The Morgan fingerprint density at radius 1 is 0.656 bits per heavy atom. The number of hydrogen-bond acceptors (Lipinski definition) is 3. The van der Waals surface area contributed by atoms with E-state index in [1.165, 1.54) is 5.56 Å². The van der Waals surface area contributed by atoms with Gasteiger partial charge in [0.05, 0.1) is 0 Å². The third-order valence-electron chi connectivity index (χ3n) is 4.74. The van der Waals surface area contributed by atoms with Crippen molar-refractivity contribution in [1.29, 1.82) is 0 Å². The van der Waals surface area contributed by atoms with Gasteiger partial charge in [0.15, 0.2) is 0 Å². The molecule has 0 N–H and O–H groups in total. The molecule has 0 aliphatic rings. The van der Waals surface area contributed by atoms with Crippen molar-refractivity contribution in [3.05, 3.63) is 127 Å². The van der Waals surface area contributed by atoms with Crippen molar-refractivity contribution in [3.8, 4) is 33.6 Å². The zero-order valence-corrected chi connectivity index (χ0v) is 20.0. The molecule has 0 aliphatic carbocycles. The van der Waals surface area contributed by atoms with Crippen LogP contribution in [0.3, 0.4) is 0 Å². The van der Waals surface area contributed by atoms with E-state index in [9.17, 15) is 0 Å². The molecular formula is C28H21IrN3-2. The monoisotopic (exact) mass is 592 g/mol. The summed E-state index contributed by atoms with van der Waals surface area (Å²) in [4.78, 5) is 12.8. The number of benzene rings is 2. The Balaban J connectivity index is 0.000000193. The molecule has 3 nitrogen and oxygen atoms in total. The Hall–Kier alpha value is -3.46. The number of nitrogens with zero attached hydrogens (tertiary/aromatic N) is 3. The van der Waals surface area contributed by atoms with Crippen LogP contribution in [-0.4, -0.2) is 15.0 Å². The Labute approximate surface area is 202 Å². The minimum Gasteiger partial charge on any atom is -0.305 e. The molecule has 0 amide bonds. The molecule has 5 rings (SSSR count). The molecule has 0 fully saturated rings. The molecule has 4 heteroatoms. The number of rotatable bonds is 3. The molecule has 0 saturated heterocycles. The second kappa shape index (κ2) is 11.8. The van der Waals surface area contributed by atoms with Crippen molar-refractivity contribution in [2.24, 2.45) is 0 Å². The van der Waals surface area contributed by atoms with Crippen molar-refractivity contribution in [1.82, 2.24) is 15.0 Å². The molecule has 0 atom stereocenters. The van der Waals surface area contributed by atoms with Crippen LogP contribution in [0.5, 0.6) is 0 Å². The van der Waals surface area contributed by atoms with Crippen LogP contribution in [0, 0.1) is 19.1 Å². The fraction of sp³-hybridized carbons (Fsp3) is 0.0357. The van der Waals surface area contributed by atoms with E-state index in [0.29, 0.717) is 0 Å². The summed E-state index contributed by atoms with van der Waals surface area (Å²) in [6, 6.07) is 34.0. The minimum absolute atomic E-state index is 0. The van der Waals surface area contributed by atoms with Crippen LogP contribution >= 0.6 is 0 Å². The van der Waals surface area contributed by atoms with Crippen LogP contribution < -0.4 is 0 Å². The second-order valence-electron chi connectivity index (χ2n) is 6.89. The predicted octanol–water partition coefficient (Wildman–Crippen LogP) is 6.47. The summed E-state index contributed by atoms with van der Waals surface area (Å²) in [5.74, 6) is 0. The summed E-state index contributed by atoms with van der Waals surface area (Å²) >= 11 is 0. The molecule has 0 unspecified atom stereocenters. The van der Waals surface area contributed by atoms with Gasteiger partial charge in [0.25, 0.3) is 0 Å². The van der Waals surface area contributed by atoms with Crippen molar-refractivity contribution >= 4 is 0 Å². The molecule has 0 spiro atoms. The fourth-order valence-electron chi connectivity index (χ4n) is 3.16. The first kappa shape index (κ1) is 23.2. The fourth-order valence-corrected chi connectivity index (χ4v) is 3.16. The van der Waals surface area contributed by atoms with Gasteiger partial charge in [-0.05, 0) is 47.6 Å². The topological polar surface area (TPSA) is 38.7 Å². The summed E-state index contributed by atoms with van der Waals surface area (Å²) in [7, 11) is 0. The van der Waals surface area contributed by atoms with Crippen molar-refractivity contribution in [3.63, 3.8) is 0 Å². The number of pyridine rings is 3. The van der Waals surface area contributed by atoms with Crippen molar-refractivity contribution in [2.75, 3.05) is 0 Å². The smallest absolute Gasteiger partial charge is 0.0273 e. The normalized spacial score (nSPS) is 9.78. The molecule has 5 aromatic rings. The summed E-state index contributed by atoms with van der Waals surface area (Å²) in [6.07, 6.45) is 7.30. The van der Waals surface area contributed by atoms with Gasteiger partial charge in [-0.15, -0.1) is 71.8 Å². The Morgan fingerprint density at radius 2 is 1.31 bits per heavy atom. The van der Waals surface area contributed by atoms with E-state index in [0.717, 1.165) is 33.6 Å². The second-order valence-corrected chi connectivity index (χ2v) is 6.89. The van der Waals surface area contributed by atoms with Gasteiger partial charge in [-0.25, -0.2) is 0 Å². The largest absolute Gasteiger partial charge is 0.305 e. The maximum Gasteiger partial charge on any atom is 0.0273 e. The van der Waals surface area contributed by atoms with E-state index in [1.807, 2.05) is 85.1 Å². The van der Waals surface area contributed by atoms with Gasteiger partial charge in [0.1, 0.15) is 0 Å². The van der Waals surface area contributed by atoms with E-state index in [2.05, 4.69) is 40.1 Å². The van der Waals surface area contributed by atoms with Gasteiger partial charge in [-0.3, -0.25) is 4.98 Å². The van der Waals surface area contributed by atoms with Gasteiger partial charge in [0, 0.05) is 50.5 Å².